The van der Waals surface area contributed by atoms with Crippen molar-refractivity contribution < 1.29 is 4.79 Å². The van der Waals surface area contributed by atoms with Crippen LogP contribution in [0.15, 0.2) is 54.7 Å². The van der Waals surface area contributed by atoms with E-state index in [0.29, 0.717) is 18.1 Å². The minimum atomic E-state index is -0.106. The Morgan fingerprint density at radius 3 is 2.75 bits per heavy atom. The standard InChI is InChI=1S/C24H25N7O/c1-16-19-14-18(7-8-20(19)30-29-16)21-15-26-23(24(27-21)31-11-9-25-10-12-31)28-22(32)13-17-5-3-2-4-6-17/h2-8,14-15,25H,9-13H2,1H3,(H,29,30)(H,26,28,32). The molecule has 3 N–H and O–H groups in total. The second-order valence-corrected chi connectivity index (χ2v) is 7.96. The van der Waals surface area contributed by atoms with E-state index in [0.717, 1.165) is 59.6 Å². The fraction of sp³-hybridized carbons (Fsp3) is 0.250. The van der Waals surface area contributed by atoms with Crippen LogP contribution in [-0.4, -0.2) is 52.3 Å². The Hall–Kier alpha value is -3.78. The summed E-state index contributed by atoms with van der Waals surface area (Å²) in [6.07, 6.45) is 2.02. The lowest BCUT2D eigenvalue weighted by Crippen LogP contribution is -2.44. The van der Waals surface area contributed by atoms with Gasteiger partial charge in [0.25, 0.3) is 0 Å². The van der Waals surface area contributed by atoms with Gasteiger partial charge in [-0.1, -0.05) is 36.4 Å². The van der Waals surface area contributed by atoms with E-state index in [1.165, 1.54) is 0 Å². The highest BCUT2D eigenvalue weighted by atomic mass is 16.1. The number of H-pyrrole nitrogens is 1. The zero-order chi connectivity index (χ0) is 21.9. The third-order valence-corrected chi connectivity index (χ3v) is 5.68. The van der Waals surface area contributed by atoms with E-state index in [-0.39, 0.29) is 5.91 Å². The first-order valence-electron chi connectivity index (χ1n) is 10.8. The number of nitrogens with zero attached hydrogens (tertiary/aromatic N) is 4. The summed E-state index contributed by atoms with van der Waals surface area (Å²) in [6.45, 7) is 5.34. The molecule has 0 atom stereocenters. The molecule has 0 spiro atoms. The number of hydrogen-bond donors (Lipinski definition) is 3. The lowest BCUT2D eigenvalue weighted by molar-refractivity contribution is -0.115. The number of aryl methyl sites for hydroxylation is 1. The van der Waals surface area contributed by atoms with Gasteiger partial charge in [-0.3, -0.25) is 9.89 Å². The van der Waals surface area contributed by atoms with Crippen molar-refractivity contribution in [2.75, 3.05) is 36.4 Å². The molecular formula is C24H25N7O. The van der Waals surface area contributed by atoms with Crippen molar-refractivity contribution >= 4 is 28.4 Å². The Morgan fingerprint density at radius 2 is 1.94 bits per heavy atom. The Kier molecular flexibility index (Phi) is 5.51. The van der Waals surface area contributed by atoms with Crippen LogP contribution in [0.1, 0.15) is 11.3 Å². The van der Waals surface area contributed by atoms with Crippen LogP contribution < -0.4 is 15.5 Å². The molecule has 1 aliphatic rings. The quantitative estimate of drug-likeness (QED) is 0.453. The van der Waals surface area contributed by atoms with Crippen LogP contribution in [0, 0.1) is 6.92 Å². The topological polar surface area (TPSA) is 98.8 Å². The van der Waals surface area contributed by atoms with E-state index in [4.69, 9.17) is 4.98 Å². The van der Waals surface area contributed by atoms with E-state index in [1.54, 1.807) is 6.20 Å². The van der Waals surface area contributed by atoms with E-state index < -0.39 is 0 Å². The molecule has 1 amide bonds. The predicted octanol–water partition coefficient (Wildman–Crippen LogP) is 2.92. The lowest BCUT2D eigenvalue weighted by atomic mass is 10.1. The second-order valence-electron chi connectivity index (χ2n) is 7.96. The Labute approximate surface area is 186 Å². The van der Waals surface area contributed by atoms with Gasteiger partial charge < -0.3 is 15.5 Å². The van der Waals surface area contributed by atoms with Crippen molar-refractivity contribution in [1.82, 2.24) is 25.5 Å². The molecule has 8 heteroatoms. The summed E-state index contributed by atoms with van der Waals surface area (Å²) >= 11 is 0. The molecule has 4 aromatic rings. The summed E-state index contributed by atoms with van der Waals surface area (Å²) in [4.78, 5) is 24.4. The maximum Gasteiger partial charge on any atom is 0.230 e. The van der Waals surface area contributed by atoms with Crippen molar-refractivity contribution in [3.8, 4) is 11.3 Å². The Balaban J connectivity index is 1.47. The molecule has 0 saturated carbocycles. The van der Waals surface area contributed by atoms with Crippen molar-refractivity contribution in [2.24, 2.45) is 0 Å². The normalized spacial score (nSPS) is 14.0. The van der Waals surface area contributed by atoms with E-state index in [2.05, 4.69) is 36.8 Å². The van der Waals surface area contributed by atoms with Gasteiger partial charge in [0.15, 0.2) is 11.6 Å². The van der Waals surface area contributed by atoms with Crippen LogP contribution in [0.4, 0.5) is 11.6 Å². The number of carbonyl (C=O) groups is 1. The highest BCUT2D eigenvalue weighted by molar-refractivity contribution is 5.94. The molecule has 1 fully saturated rings. The number of carbonyl (C=O) groups excluding carboxylic acids is 1. The predicted molar refractivity (Wildman–Crippen MR) is 126 cm³/mol. The van der Waals surface area contributed by atoms with Crippen molar-refractivity contribution in [3.63, 3.8) is 0 Å². The number of aromatic nitrogens is 4. The van der Waals surface area contributed by atoms with Crippen LogP contribution in [0.25, 0.3) is 22.2 Å². The third kappa shape index (κ3) is 4.17. The average Bonchev–Trinajstić information content (AvgIpc) is 3.20. The van der Waals surface area contributed by atoms with Gasteiger partial charge in [0.1, 0.15) is 0 Å². The summed E-state index contributed by atoms with van der Waals surface area (Å²) in [7, 11) is 0. The molecule has 0 aliphatic carbocycles. The Morgan fingerprint density at radius 1 is 1.12 bits per heavy atom. The fourth-order valence-corrected chi connectivity index (χ4v) is 3.96. The number of rotatable bonds is 5. The van der Waals surface area contributed by atoms with E-state index in [1.807, 2.05) is 49.4 Å². The minimum Gasteiger partial charge on any atom is -0.351 e. The highest BCUT2D eigenvalue weighted by Gasteiger charge is 2.20. The molecule has 2 aromatic carbocycles. The lowest BCUT2D eigenvalue weighted by Gasteiger charge is -2.29. The zero-order valence-corrected chi connectivity index (χ0v) is 17.9. The second kappa shape index (κ2) is 8.76. The number of fused-ring (bicyclic) bond motifs is 1. The first-order valence-corrected chi connectivity index (χ1v) is 10.8. The minimum absolute atomic E-state index is 0.106. The van der Waals surface area contributed by atoms with Crippen LogP contribution in [0.2, 0.25) is 0 Å². The summed E-state index contributed by atoms with van der Waals surface area (Å²) < 4.78 is 0. The van der Waals surface area contributed by atoms with Gasteiger partial charge in [0, 0.05) is 42.8 Å². The van der Waals surface area contributed by atoms with Gasteiger partial charge in [-0.15, -0.1) is 0 Å². The molecule has 162 valence electrons. The summed E-state index contributed by atoms with van der Waals surface area (Å²) in [5, 5.41) is 14.7. The number of nitrogens with one attached hydrogen (secondary N) is 3. The molecule has 0 unspecified atom stereocenters. The highest BCUT2D eigenvalue weighted by Crippen LogP contribution is 2.28. The molecule has 5 rings (SSSR count). The van der Waals surface area contributed by atoms with Gasteiger partial charge in [0.2, 0.25) is 5.91 Å². The van der Waals surface area contributed by atoms with Gasteiger partial charge in [0.05, 0.1) is 23.8 Å². The number of piperazine rings is 1. The summed E-state index contributed by atoms with van der Waals surface area (Å²) in [5.41, 5.74) is 4.63. The molecule has 0 bridgehead atoms. The summed E-state index contributed by atoms with van der Waals surface area (Å²) in [6, 6.07) is 15.8. The third-order valence-electron chi connectivity index (χ3n) is 5.68. The number of anilines is 2. The van der Waals surface area contributed by atoms with Gasteiger partial charge in [-0.25, -0.2) is 9.97 Å². The molecule has 2 aromatic heterocycles. The maximum atomic E-state index is 12.7. The van der Waals surface area contributed by atoms with Gasteiger partial charge in [-0.2, -0.15) is 5.10 Å². The van der Waals surface area contributed by atoms with Gasteiger partial charge >= 0.3 is 0 Å². The van der Waals surface area contributed by atoms with E-state index in [9.17, 15) is 4.79 Å². The molecule has 0 radical (unpaired) electrons. The van der Waals surface area contributed by atoms with Crippen molar-refractivity contribution in [3.05, 3.63) is 66.0 Å². The molecule has 3 heterocycles. The van der Waals surface area contributed by atoms with Crippen LogP contribution >= 0.6 is 0 Å². The van der Waals surface area contributed by atoms with Crippen molar-refractivity contribution in [1.29, 1.82) is 0 Å². The zero-order valence-electron chi connectivity index (χ0n) is 17.9. The van der Waals surface area contributed by atoms with E-state index >= 15 is 0 Å². The monoisotopic (exact) mass is 427 g/mol. The first kappa shape index (κ1) is 20.1. The molecule has 1 aliphatic heterocycles. The molecule has 8 nitrogen and oxygen atoms in total. The number of amides is 1. The largest absolute Gasteiger partial charge is 0.351 e. The number of hydrogen-bond acceptors (Lipinski definition) is 6. The molecule has 32 heavy (non-hydrogen) atoms. The molecule has 1 saturated heterocycles. The maximum absolute atomic E-state index is 12.7. The van der Waals surface area contributed by atoms with Crippen molar-refractivity contribution in [2.45, 2.75) is 13.3 Å². The number of aromatic amines is 1. The number of benzene rings is 2. The average molecular weight is 428 g/mol. The first-order chi connectivity index (χ1) is 15.7. The summed E-state index contributed by atoms with van der Waals surface area (Å²) in [5.74, 6) is 1.09. The van der Waals surface area contributed by atoms with Crippen LogP contribution in [0.5, 0.6) is 0 Å². The molecular weight excluding hydrogens is 402 g/mol. The van der Waals surface area contributed by atoms with Gasteiger partial charge in [-0.05, 0) is 24.6 Å². The SMILES string of the molecule is Cc1[nH]nc2ccc(-c3cnc(NC(=O)Cc4ccccc4)c(N4CCNCC4)n3)cc12. The smallest absolute Gasteiger partial charge is 0.230 e. The fourth-order valence-electron chi connectivity index (χ4n) is 3.96. The van der Waals surface area contributed by atoms with Crippen LogP contribution in [-0.2, 0) is 11.2 Å². The Bertz CT molecular complexity index is 1250. The van der Waals surface area contributed by atoms with Crippen LogP contribution in [0.3, 0.4) is 0 Å².